The topological polar surface area (TPSA) is 85.4 Å². The number of nitrogens with zero attached hydrogens (tertiary/aromatic N) is 1. The molecule has 3 aromatic rings. The number of carbonyl (C=O) groups excluding carboxylic acids is 1. The van der Waals surface area contributed by atoms with Crippen molar-refractivity contribution in [3.05, 3.63) is 65.8 Å². The average molecular weight is 405 g/mol. The van der Waals surface area contributed by atoms with Gasteiger partial charge in [0.1, 0.15) is 11.3 Å². The molecule has 0 fully saturated rings. The molecule has 1 aromatic heterocycles. The summed E-state index contributed by atoms with van der Waals surface area (Å²) in [5.74, 6) is -0.173. The fraction of sp³-hybridized carbons (Fsp3) is 0.158. The molecule has 1 heterocycles. The predicted octanol–water partition coefficient (Wildman–Crippen LogP) is 2.86. The van der Waals surface area contributed by atoms with Gasteiger partial charge in [-0.2, -0.15) is 0 Å². The molecule has 1 N–H and O–H groups in total. The lowest BCUT2D eigenvalue weighted by molar-refractivity contribution is -0.122. The summed E-state index contributed by atoms with van der Waals surface area (Å²) in [4.78, 5) is 16.4. The lowest BCUT2D eigenvalue weighted by atomic mass is 10.2. The van der Waals surface area contributed by atoms with Crippen LogP contribution in [0.3, 0.4) is 0 Å². The molecule has 6 nitrogen and oxygen atoms in total. The Morgan fingerprint density at radius 3 is 2.63 bits per heavy atom. The number of halogens is 1. The number of pyridine rings is 1. The van der Waals surface area contributed by atoms with E-state index in [1.807, 2.05) is 6.07 Å². The van der Waals surface area contributed by atoms with Crippen LogP contribution in [-0.2, 0) is 14.6 Å². The van der Waals surface area contributed by atoms with Gasteiger partial charge in [-0.15, -0.1) is 0 Å². The molecule has 0 radical (unpaired) electrons. The van der Waals surface area contributed by atoms with Crippen molar-refractivity contribution in [2.75, 3.05) is 18.9 Å². The minimum Gasteiger partial charge on any atom is -0.481 e. The van der Waals surface area contributed by atoms with Crippen molar-refractivity contribution in [1.82, 2.24) is 10.3 Å². The Morgan fingerprint density at radius 1 is 1.07 bits per heavy atom. The van der Waals surface area contributed by atoms with Crippen molar-refractivity contribution in [3.63, 3.8) is 0 Å². The Labute approximate surface area is 162 Å². The Hall–Kier alpha value is -2.64. The smallest absolute Gasteiger partial charge is 0.257 e. The van der Waals surface area contributed by atoms with Gasteiger partial charge >= 0.3 is 0 Å². The second-order valence-corrected chi connectivity index (χ2v) is 8.23. The summed E-state index contributed by atoms with van der Waals surface area (Å²) in [7, 11) is -3.44. The molecule has 3 rings (SSSR count). The highest BCUT2D eigenvalue weighted by Crippen LogP contribution is 2.29. The molecule has 0 spiro atoms. The monoisotopic (exact) mass is 404 g/mol. The number of ether oxygens (including phenoxy) is 1. The van der Waals surface area contributed by atoms with Crippen LogP contribution in [0.15, 0.2) is 65.7 Å². The first-order valence-corrected chi connectivity index (χ1v) is 10.2. The lowest BCUT2D eigenvalue weighted by Gasteiger charge is -2.10. The van der Waals surface area contributed by atoms with Gasteiger partial charge in [-0.25, -0.2) is 8.42 Å². The third kappa shape index (κ3) is 4.75. The van der Waals surface area contributed by atoms with Gasteiger partial charge < -0.3 is 10.1 Å². The van der Waals surface area contributed by atoms with E-state index in [9.17, 15) is 13.2 Å². The molecule has 0 unspecified atom stereocenters. The highest BCUT2D eigenvalue weighted by molar-refractivity contribution is 7.91. The molecular formula is C19H17ClN2O4S. The van der Waals surface area contributed by atoms with Crippen molar-refractivity contribution in [1.29, 1.82) is 0 Å². The number of hydrogen-bond donors (Lipinski definition) is 1. The van der Waals surface area contributed by atoms with Crippen molar-refractivity contribution >= 4 is 38.2 Å². The summed E-state index contributed by atoms with van der Waals surface area (Å²) < 4.78 is 29.9. The summed E-state index contributed by atoms with van der Waals surface area (Å²) in [5.41, 5.74) is 0.560. The zero-order valence-corrected chi connectivity index (χ0v) is 15.8. The van der Waals surface area contributed by atoms with Gasteiger partial charge in [-0.1, -0.05) is 29.8 Å². The van der Waals surface area contributed by atoms with Crippen molar-refractivity contribution in [2.24, 2.45) is 0 Å². The van der Waals surface area contributed by atoms with Crippen LogP contribution in [0.2, 0.25) is 5.02 Å². The first-order chi connectivity index (χ1) is 13.0. The van der Waals surface area contributed by atoms with Gasteiger partial charge in [0.25, 0.3) is 5.91 Å². The Balaban J connectivity index is 1.54. The van der Waals surface area contributed by atoms with Crippen molar-refractivity contribution in [3.8, 4) is 5.75 Å². The summed E-state index contributed by atoms with van der Waals surface area (Å²) >= 11 is 6.12. The van der Waals surface area contributed by atoms with Crippen LogP contribution in [-0.4, -0.2) is 38.2 Å². The van der Waals surface area contributed by atoms with Crippen LogP contribution >= 0.6 is 11.6 Å². The van der Waals surface area contributed by atoms with Crippen LogP contribution in [0.1, 0.15) is 0 Å². The lowest BCUT2D eigenvalue weighted by Crippen LogP contribution is -2.33. The molecule has 0 bridgehead atoms. The molecule has 0 aliphatic carbocycles. The molecule has 0 atom stereocenters. The molecule has 27 heavy (non-hydrogen) atoms. The summed E-state index contributed by atoms with van der Waals surface area (Å²) in [6.07, 6.45) is 1.61. The SMILES string of the molecule is O=C(COc1ccc(Cl)c2cccnc12)NCCS(=O)(=O)c1ccccc1. The minimum atomic E-state index is -3.44. The summed E-state index contributed by atoms with van der Waals surface area (Å²) in [6, 6.07) is 15.0. The Bertz CT molecular complexity index is 1060. The highest BCUT2D eigenvalue weighted by atomic mass is 35.5. The highest BCUT2D eigenvalue weighted by Gasteiger charge is 2.14. The second kappa shape index (κ2) is 8.37. The van der Waals surface area contributed by atoms with E-state index in [4.69, 9.17) is 16.3 Å². The average Bonchev–Trinajstić information content (AvgIpc) is 2.68. The summed E-state index contributed by atoms with van der Waals surface area (Å²) in [5, 5.41) is 3.82. The number of carbonyl (C=O) groups is 1. The molecule has 8 heteroatoms. The third-order valence-corrected chi connectivity index (χ3v) is 5.90. The maximum absolute atomic E-state index is 12.2. The number of sulfone groups is 1. The van der Waals surface area contributed by atoms with Crippen LogP contribution in [0.5, 0.6) is 5.75 Å². The predicted molar refractivity (Wildman–Crippen MR) is 104 cm³/mol. The van der Waals surface area contributed by atoms with Crippen molar-refractivity contribution in [2.45, 2.75) is 4.90 Å². The van der Waals surface area contributed by atoms with Gasteiger partial charge in [0.05, 0.1) is 15.7 Å². The zero-order chi connectivity index (χ0) is 19.3. The number of benzene rings is 2. The molecule has 0 saturated heterocycles. The van der Waals surface area contributed by atoms with Crippen molar-refractivity contribution < 1.29 is 17.9 Å². The molecule has 0 saturated carbocycles. The molecular weight excluding hydrogens is 388 g/mol. The minimum absolute atomic E-state index is 0.000956. The quantitative estimate of drug-likeness (QED) is 0.654. The normalized spacial score (nSPS) is 11.3. The van der Waals surface area contributed by atoms with Gasteiger partial charge in [0.2, 0.25) is 0 Å². The number of aromatic nitrogens is 1. The standard InChI is InChI=1S/C19H17ClN2O4S/c20-16-8-9-17(19-15(16)7-4-10-22-19)26-13-18(23)21-11-12-27(24,25)14-5-2-1-3-6-14/h1-10H,11-13H2,(H,21,23). The first-order valence-electron chi connectivity index (χ1n) is 8.18. The number of rotatable bonds is 7. The van der Waals surface area contributed by atoms with E-state index >= 15 is 0 Å². The van der Waals surface area contributed by atoms with Gasteiger partial charge in [0.15, 0.2) is 16.4 Å². The largest absolute Gasteiger partial charge is 0.481 e. The van der Waals surface area contributed by atoms with E-state index in [1.54, 1.807) is 42.6 Å². The van der Waals surface area contributed by atoms with E-state index in [0.29, 0.717) is 16.3 Å². The Kier molecular flexibility index (Phi) is 5.93. The molecule has 140 valence electrons. The number of hydrogen-bond acceptors (Lipinski definition) is 5. The van der Waals surface area contributed by atoms with Gasteiger partial charge in [0, 0.05) is 18.1 Å². The van der Waals surface area contributed by atoms with Gasteiger partial charge in [-0.3, -0.25) is 9.78 Å². The number of fused-ring (bicyclic) bond motifs is 1. The number of nitrogens with one attached hydrogen (secondary N) is 1. The summed E-state index contributed by atoms with van der Waals surface area (Å²) in [6.45, 7) is -0.252. The molecule has 2 aromatic carbocycles. The first kappa shape index (κ1) is 19.1. The maximum Gasteiger partial charge on any atom is 0.257 e. The van der Waals surface area contributed by atoms with E-state index in [-0.39, 0.29) is 23.8 Å². The maximum atomic E-state index is 12.2. The van der Waals surface area contributed by atoms with Crippen LogP contribution < -0.4 is 10.1 Å². The van der Waals surface area contributed by atoms with E-state index in [0.717, 1.165) is 5.39 Å². The van der Waals surface area contributed by atoms with E-state index < -0.39 is 15.7 Å². The fourth-order valence-corrected chi connectivity index (χ4v) is 3.89. The Morgan fingerprint density at radius 2 is 1.85 bits per heavy atom. The zero-order valence-electron chi connectivity index (χ0n) is 14.3. The second-order valence-electron chi connectivity index (χ2n) is 5.72. The van der Waals surface area contributed by atoms with Crippen LogP contribution in [0, 0.1) is 0 Å². The molecule has 0 aliphatic heterocycles. The number of amides is 1. The third-order valence-electron chi connectivity index (χ3n) is 3.83. The van der Waals surface area contributed by atoms with E-state index in [2.05, 4.69) is 10.3 Å². The van der Waals surface area contributed by atoms with E-state index in [1.165, 1.54) is 12.1 Å². The fourth-order valence-electron chi connectivity index (χ4n) is 2.49. The molecule has 0 aliphatic rings. The van der Waals surface area contributed by atoms with Gasteiger partial charge in [-0.05, 0) is 36.4 Å². The van der Waals surface area contributed by atoms with Crippen LogP contribution in [0.25, 0.3) is 10.9 Å². The molecule has 1 amide bonds. The van der Waals surface area contributed by atoms with Crippen LogP contribution in [0.4, 0.5) is 0 Å².